The molecule has 1 atom stereocenters. The highest BCUT2D eigenvalue weighted by Crippen LogP contribution is 2.27. The Kier molecular flexibility index (Phi) is 5.30. The second kappa shape index (κ2) is 8.41. The van der Waals surface area contributed by atoms with Crippen LogP contribution in [0, 0.1) is 0 Å². The highest BCUT2D eigenvalue weighted by Gasteiger charge is 2.30. The molecule has 0 aliphatic carbocycles. The van der Waals surface area contributed by atoms with Gasteiger partial charge in [-0.1, -0.05) is 18.2 Å². The zero-order valence-corrected chi connectivity index (χ0v) is 17.5. The number of carbonyl (C=O) groups is 3. The lowest BCUT2D eigenvalue weighted by Gasteiger charge is -2.31. The predicted octanol–water partition coefficient (Wildman–Crippen LogP) is 1.97. The molecule has 1 unspecified atom stereocenters. The standard InChI is InChI=1S/C23H24N6O3/c30-20(9-8-18-23(32)24-17-6-2-1-5-16(17)22(31)25-18)28-13-10-15(11-14-28)21-27-26-19-7-3-4-12-29(19)21/h1-7,12,15,18H,8-11,13-14H2,(H,24,32)(H,25,31). The summed E-state index contributed by atoms with van der Waals surface area (Å²) in [5, 5.41) is 14.1. The first-order valence-electron chi connectivity index (χ1n) is 10.9. The molecule has 32 heavy (non-hydrogen) atoms. The smallest absolute Gasteiger partial charge is 0.254 e. The summed E-state index contributed by atoms with van der Waals surface area (Å²) >= 11 is 0. The van der Waals surface area contributed by atoms with Gasteiger partial charge in [-0.25, -0.2) is 0 Å². The van der Waals surface area contributed by atoms with Gasteiger partial charge in [0.05, 0.1) is 11.3 Å². The minimum atomic E-state index is -0.737. The topological polar surface area (TPSA) is 109 Å². The molecule has 1 saturated heterocycles. The van der Waals surface area contributed by atoms with E-state index in [1.54, 1.807) is 24.3 Å². The van der Waals surface area contributed by atoms with Crippen LogP contribution in [0.5, 0.6) is 0 Å². The number of para-hydroxylation sites is 1. The van der Waals surface area contributed by atoms with Crippen molar-refractivity contribution in [1.29, 1.82) is 0 Å². The molecule has 2 aromatic heterocycles. The number of pyridine rings is 1. The number of nitrogens with zero attached hydrogens (tertiary/aromatic N) is 4. The fraction of sp³-hybridized carbons (Fsp3) is 0.348. The summed E-state index contributed by atoms with van der Waals surface area (Å²) in [6.45, 7) is 1.28. The van der Waals surface area contributed by atoms with Gasteiger partial charge in [0.15, 0.2) is 5.65 Å². The van der Waals surface area contributed by atoms with Gasteiger partial charge in [-0.05, 0) is 43.5 Å². The quantitative estimate of drug-likeness (QED) is 0.655. The first kappa shape index (κ1) is 20.2. The van der Waals surface area contributed by atoms with E-state index in [4.69, 9.17) is 0 Å². The number of benzene rings is 1. The van der Waals surface area contributed by atoms with Gasteiger partial charge in [-0.3, -0.25) is 18.8 Å². The van der Waals surface area contributed by atoms with Crippen LogP contribution in [-0.2, 0) is 9.59 Å². The maximum Gasteiger partial charge on any atom is 0.254 e. The first-order valence-corrected chi connectivity index (χ1v) is 10.9. The van der Waals surface area contributed by atoms with Crippen molar-refractivity contribution < 1.29 is 14.4 Å². The van der Waals surface area contributed by atoms with Crippen LogP contribution in [0.2, 0.25) is 0 Å². The summed E-state index contributed by atoms with van der Waals surface area (Å²) < 4.78 is 2.01. The Hall–Kier alpha value is -3.75. The normalized spacial score (nSPS) is 19.2. The van der Waals surface area contributed by atoms with Gasteiger partial charge in [0.25, 0.3) is 5.91 Å². The van der Waals surface area contributed by atoms with Crippen molar-refractivity contribution >= 4 is 29.1 Å². The number of amides is 3. The molecule has 1 fully saturated rings. The lowest BCUT2D eigenvalue weighted by molar-refractivity contribution is -0.132. The summed E-state index contributed by atoms with van der Waals surface area (Å²) in [5.41, 5.74) is 1.75. The number of likely N-dealkylation sites (tertiary alicyclic amines) is 1. The molecule has 0 radical (unpaired) electrons. The second-order valence-electron chi connectivity index (χ2n) is 8.24. The number of anilines is 1. The fourth-order valence-electron chi connectivity index (χ4n) is 4.47. The van der Waals surface area contributed by atoms with E-state index in [0.717, 1.165) is 24.3 Å². The van der Waals surface area contributed by atoms with Crippen LogP contribution in [0.4, 0.5) is 5.69 Å². The number of hydrogen-bond donors (Lipinski definition) is 2. The summed E-state index contributed by atoms with van der Waals surface area (Å²) in [6.07, 6.45) is 4.06. The lowest BCUT2D eigenvalue weighted by Crippen LogP contribution is -2.43. The molecule has 3 aromatic rings. The Morgan fingerprint density at radius 3 is 2.66 bits per heavy atom. The van der Waals surface area contributed by atoms with Gasteiger partial charge in [0, 0.05) is 31.6 Å². The van der Waals surface area contributed by atoms with E-state index in [0.29, 0.717) is 24.3 Å². The molecule has 164 valence electrons. The molecule has 4 heterocycles. The van der Waals surface area contributed by atoms with Crippen LogP contribution in [-0.4, -0.2) is 56.4 Å². The van der Waals surface area contributed by atoms with Crippen molar-refractivity contribution in [2.75, 3.05) is 18.4 Å². The molecule has 2 aliphatic heterocycles. The number of rotatable bonds is 4. The van der Waals surface area contributed by atoms with Crippen LogP contribution >= 0.6 is 0 Å². The molecule has 9 nitrogen and oxygen atoms in total. The van der Waals surface area contributed by atoms with Crippen molar-refractivity contribution in [3.05, 3.63) is 60.0 Å². The maximum absolute atomic E-state index is 12.8. The third-order valence-electron chi connectivity index (χ3n) is 6.25. The maximum atomic E-state index is 12.8. The Bertz CT molecular complexity index is 1180. The number of nitrogens with one attached hydrogen (secondary N) is 2. The molecule has 9 heteroatoms. The molecule has 2 aliphatic rings. The van der Waals surface area contributed by atoms with Crippen molar-refractivity contribution in [2.45, 2.75) is 37.6 Å². The number of fused-ring (bicyclic) bond motifs is 2. The Morgan fingerprint density at radius 2 is 1.81 bits per heavy atom. The van der Waals surface area contributed by atoms with E-state index in [2.05, 4.69) is 20.8 Å². The van der Waals surface area contributed by atoms with Gasteiger partial charge in [0.2, 0.25) is 11.8 Å². The van der Waals surface area contributed by atoms with Crippen molar-refractivity contribution in [1.82, 2.24) is 24.8 Å². The summed E-state index contributed by atoms with van der Waals surface area (Å²) in [5.74, 6) is 0.580. The molecule has 1 aromatic carbocycles. The molecule has 0 saturated carbocycles. The molecule has 3 amide bonds. The van der Waals surface area contributed by atoms with E-state index < -0.39 is 6.04 Å². The molecule has 2 N–H and O–H groups in total. The van der Waals surface area contributed by atoms with E-state index in [1.807, 2.05) is 33.7 Å². The number of hydrogen-bond acceptors (Lipinski definition) is 5. The van der Waals surface area contributed by atoms with E-state index in [9.17, 15) is 14.4 Å². The van der Waals surface area contributed by atoms with E-state index in [-0.39, 0.29) is 36.5 Å². The van der Waals surface area contributed by atoms with Crippen LogP contribution in [0.15, 0.2) is 48.7 Å². The van der Waals surface area contributed by atoms with Crippen LogP contribution < -0.4 is 10.6 Å². The molecular formula is C23H24N6O3. The van der Waals surface area contributed by atoms with Gasteiger partial charge in [0.1, 0.15) is 11.9 Å². The average Bonchev–Trinajstić information content (AvgIpc) is 3.21. The van der Waals surface area contributed by atoms with E-state index in [1.165, 1.54) is 0 Å². The number of piperidine rings is 1. The lowest BCUT2D eigenvalue weighted by atomic mass is 9.95. The summed E-state index contributed by atoms with van der Waals surface area (Å²) in [4.78, 5) is 39.6. The van der Waals surface area contributed by atoms with Crippen LogP contribution in [0.1, 0.15) is 47.8 Å². The van der Waals surface area contributed by atoms with Gasteiger partial charge >= 0.3 is 0 Å². The first-order chi connectivity index (χ1) is 15.6. The van der Waals surface area contributed by atoms with Gasteiger partial charge in [-0.2, -0.15) is 0 Å². The zero-order valence-electron chi connectivity index (χ0n) is 17.5. The van der Waals surface area contributed by atoms with Crippen LogP contribution in [0.25, 0.3) is 5.65 Å². The minimum Gasteiger partial charge on any atom is -0.343 e. The van der Waals surface area contributed by atoms with Gasteiger partial charge < -0.3 is 15.5 Å². The summed E-state index contributed by atoms with van der Waals surface area (Å²) in [7, 11) is 0. The minimum absolute atomic E-state index is 0.00152. The van der Waals surface area contributed by atoms with E-state index >= 15 is 0 Å². The fourth-order valence-corrected chi connectivity index (χ4v) is 4.47. The van der Waals surface area contributed by atoms with Crippen LogP contribution in [0.3, 0.4) is 0 Å². The monoisotopic (exact) mass is 432 g/mol. The average molecular weight is 432 g/mol. The predicted molar refractivity (Wildman–Crippen MR) is 117 cm³/mol. The Balaban J connectivity index is 1.16. The molecule has 0 spiro atoms. The van der Waals surface area contributed by atoms with Crippen molar-refractivity contribution in [2.24, 2.45) is 0 Å². The number of carbonyl (C=O) groups excluding carboxylic acids is 3. The molecular weight excluding hydrogens is 408 g/mol. The second-order valence-corrected chi connectivity index (χ2v) is 8.24. The third-order valence-corrected chi connectivity index (χ3v) is 6.25. The van der Waals surface area contributed by atoms with Gasteiger partial charge in [-0.15, -0.1) is 10.2 Å². The van der Waals surface area contributed by atoms with Crippen molar-refractivity contribution in [3.8, 4) is 0 Å². The summed E-state index contributed by atoms with van der Waals surface area (Å²) in [6, 6.07) is 12.0. The SMILES string of the molecule is O=C1NC(CCC(=O)N2CCC(c3nnc4ccccn34)CC2)C(=O)Nc2ccccc21. The Labute approximate surface area is 184 Å². The molecule has 0 bridgehead atoms. The molecule has 5 rings (SSSR count). The van der Waals surface area contributed by atoms with Crippen molar-refractivity contribution in [3.63, 3.8) is 0 Å². The number of aromatic nitrogens is 3. The highest BCUT2D eigenvalue weighted by molar-refractivity contribution is 6.09. The zero-order chi connectivity index (χ0) is 22.1. The Morgan fingerprint density at radius 1 is 1.03 bits per heavy atom. The highest BCUT2D eigenvalue weighted by atomic mass is 16.2. The largest absolute Gasteiger partial charge is 0.343 e. The third kappa shape index (κ3) is 3.81.